The highest BCUT2D eigenvalue weighted by Crippen LogP contribution is 2.12. The van der Waals surface area contributed by atoms with Gasteiger partial charge in [0, 0.05) is 13.1 Å². The Morgan fingerprint density at radius 3 is 2.62 bits per heavy atom. The fraction of sp³-hybridized carbons (Fsp3) is 0.667. The van der Waals surface area contributed by atoms with Gasteiger partial charge >= 0.3 is 0 Å². The molecule has 0 aliphatic carbocycles. The molecule has 0 radical (unpaired) electrons. The van der Waals surface area contributed by atoms with Crippen LogP contribution < -0.4 is 5.32 Å². The van der Waals surface area contributed by atoms with E-state index < -0.39 is 0 Å². The van der Waals surface area contributed by atoms with Crippen LogP contribution >= 0.6 is 24.0 Å². The van der Waals surface area contributed by atoms with Crippen LogP contribution in [0.2, 0.25) is 0 Å². The number of carbonyl (C=O) groups is 1. The second-order valence-corrected chi connectivity index (χ2v) is 4.88. The predicted molar refractivity (Wildman–Crippen MR) is 67.3 cm³/mol. The van der Waals surface area contributed by atoms with Crippen LogP contribution in [0, 0.1) is 0 Å². The minimum atomic E-state index is -0.176. The fourth-order valence-electron chi connectivity index (χ4n) is 1.25. The van der Waals surface area contributed by atoms with Gasteiger partial charge in [0.1, 0.15) is 0 Å². The summed E-state index contributed by atoms with van der Waals surface area (Å²) in [6.07, 6.45) is 0. The first-order valence-corrected chi connectivity index (χ1v) is 6.46. The van der Waals surface area contributed by atoms with E-state index in [0.29, 0.717) is 15.9 Å². The smallest absolute Gasteiger partial charge is 0.282 e. The number of nitrogens with zero attached hydrogens (tertiary/aromatic N) is 3. The number of amides is 1. The minimum absolute atomic E-state index is 0.176. The first-order chi connectivity index (χ1) is 7.67. The summed E-state index contributed by atoms with van der Waals surface area (Å²) in [6, 6.07) is 0. The summed E-state index contributed by atoms with van der Waals surface area (Å²) in [5.41, 5.74) is 0. The number of aromatic nitrogens is 2. The van der Waals surface area contributed by atoms with E-state index in [1.54, 1.807) is 0 Å². The van der Waals surface area contributed by atoms with Crippen molar-refractivity contribution in [2.45, 2.75) is 18.2 Å². The van der Waals surface area contributed by atoms with Crippen molar-refractivity contribution >= 4 is 29.9 Å². The third kappa shape index (κ3) is 4.07. The topological polar surface area (TPSA) is 58.1 Å². The van der Waals surface area contributed by atoms with Crippen molar-refractivity contribution in [3.63, 3.8) is 0 Å². The molecule has 1 heterocycles. The van der Waals surface area contributed by atoms with Gasteiger partial charge in [0.2, 0.25) is 5.01 Å². The third-order valence-electron chi connectivity index (χ3n) is 2.22. The Labute approximate surface area is 105 Å². The average molecular weight is 260 g/mol. The van der Waals surface area contributed by atoms with Gasteiger partial charge in [-0.05, 0) is 13.1 Å². The average Bonchev–Trinajstić information content (AvgIpc) is 2.71. The van der Waals surface area contributed by atoms with E-state index in [9.17, 15) is 4.79 Å². The summed E-state index contributed by atoms with van der Waals surface area (Å²) in [4.78, 5) is 13.8. The summed E-state index contributed by atoms with van der Waals surface area (Å²) in [6.45, 7) is 7.66. The molecule has 0 aliphatic heterocycles. The van der Waals surface area contributed by atoms with E-state index in [1.807, 2.05) is 0 Å². The second-order valence-electron chi connectivity index (χ2n) is 3.17. The van der Waals surface area contributed by atoms with Gasteiger partial charge in [0.15, 0.2) is 4.34 Å². The number of rotatable bonds is 6. The molecule has 1 aromatic rings. The molecule has 1 N–H and O–H groups in total. The lowest BCUT2D eigenvalue weighted by Crippen LogP contribution is -2.34. The highest BCUT2D eigenvalue weighted by Gasteiger charge is 2.10. The lowest BCUT2D eigenvalue weighted by Gasteiger charge is -2.17. The molecule has 0 aromatic carbocycles. The van der Waals surface area contributed by atoms with E-state index in [1.165, 1.54) is 11.3 Å². The standard InChI is InChI=1S/C9H16N4OS2/c1-3-13(4-2)6-5-10-7(14)8-11-12-9(15)16-8/h3-6H2,1-2H3,(H,10,14)(H,12,15). The lowest BCUT2D eigenvalue weighted by molar-refractivity contribution is 0.0948. The van der Waals surface area contributed by atoms with Crippen LogP contribution in [0.25, 0.3) is 0 Å². The maximum absolute atomic E-state index is 11.6. The highest BCUT2D eigenvalue weighted by molar-refractivity contribution is 7.82. The predicted octanol–water partition coefficient (Wildman–Crippen LogP) is 0.898. The first-order valence-electron chi connectivity index (χ1n) is 5.20. The normalized spacial score (nSPS) is 10.8. The Morgan fingerprint density at radius 2 is 2.12 bits per heavy atom. The molecule has 0 saturated heterocycles. The van der Waals surface area contributed by atoms with Crippen LogP contribution in [0.1, 0.15) is 23.6 Å². The van der Waals surface area contributed by atoms with Gasteiger partial charge in [-0.1, -0.05) is 25.2 Å². The molecule has 0 saturated carbocycles. The molecule has 1 rings (SSSR count). The number of nitrogens with one attached hydrogen (secondary N) is 1. The Kier molecular flexibility index (Phi) is 5.72. The lowest BCUT2D eigenvalue weighted by atomic mass is 10.4. The zero-order valence-corrected chi connectivity index (χ0v) is 11.1. The number of likely N-dealkylation sites (N-methyl/N-ethyl adjacent to an activating group) is 1. The van der Waals surface area contributed by atoms with E-state index in [2.05, 4.69) is 46.9 Å². The molecule has 0 aliphatic rings. The number of hydrogen-bond donors (Lipinski definition) is 2. The van der Waals surface area contributed by atoms with Gasteiger partial charge in [-0.2, -0.15) is 0 Å². The summed E-state index contributed by atoms with van der Waals surface area (Å²) < 4.78 is 0.508. The van der Waals surface area contributed by atoms with Crippen molar-refractivity contribution in [2.24, 2.45) is 0 Å². The molecule has 90 valence electrons. The van der Waals surface area contributed by atoms with Crippen molar-refractivity contribution < 1.29 is 4.79 Å². The highest BCUT2D eigenvalue weighted by atomic mass is 32.2. The Morgan fingerprint density at radius 1 is 1.44 bits per heavy atom. The number of hydrogen-bond acceptors (Lipinski definition) is 6. The molecule has 0 unspecified atom stereocenters. The quantitative estimate of drug-likeness (QED) is 0.746. The Hall–Kier alpha value is -0.660. The molecule has 1 aromatic heterocycles. The van der Waals surface area contributed by atoms with Crippen molar-refractivity contribution in [3.05, 3.63) is 5.01 Å². The Balaban J connectivity index is 2.30. The van der Waals surface area contributed by atoms with Crippen LogP contribution in [0.4, 0.5) is 0 Å². The minimum Gasteiger partial charge on any atom is -0.349 e. The van der Waals surface area contributed by atoms with Crippen molar-refractivity contribution in [1.82, 2.24) is 20.4 Å². The summed E-state index contributed by atoms with van der Waals surface area (Å²) in [7, 11) is 0. The monoisotopic (exact) mass is 260 g/mol. The molecule has 0 spiro atoms. The van der Waals surface area contributed by atoms with Crippen molar-refractivity contribution in [2.75, 3.05) is 26.2 Å². The zero-order chi connectivity index (χ0) is 12.0. The maximum atomic E-state index is 11.6. The SMILES string of the molecule is CCN(CC)CCNC(=O)c1nnc(S)s1. The van der Waals surface area contributed by atoms with Gasteiger partial charge in [-0.25, -0.2) is 0 Å². The second kappa shape index (κ2) is 6.82. The van der Waals surface area contributed by atoms with Crippen LogP contribution in [-0.4, -0.2) is 47.2 Å². The zero-order valence-electron chi connectivity index (χ0n) is 9.43. The van der Waals surface area contributed by atoms with Gasteiger partial charge in [0.25, 0.3) is 5.91 Å². The summed E-state index contributed by atoms with van der Waals surface area (Å²) in [5.74, 6) is -0.176. The molecular formula is C9H16N4OS2. The molecule has 1 amide bonds. The molecule has 0 atom stereocenters. The van der Waals surface area contributed by atoms with Crippen LogP contribution in [0.3, 0.4) is 0 Å². The number of thiol groups is 1. The molecule has 0 bridgehead atoms. The van der Waals surface area contributed by atoms with Gasteiger partial charge in [-0.3, -0.25) is 4.79 Å². The van der Waals surface area contributed by atoms with Crippen LogP contribution in [-0.2, 0) is 0 Å². The molecule has 5 nitrogen and oxygen atoms in total. The van der Waals surface area contributed by atoms with Crippen molar-refractivity contribution in [3.8, 4) is 0 Å². The third-order valence-corrected chi connectivity index (χ3v) is 3.30. The molecular weight excluding hydrogens is 244 g/mol. The Bertz CT molecular complexity index is 338. The van der Waals surface area contributed by atoms with Gasteiger partial charge in [0.05, 0.1) is 0 Å². The maximum Gasteiger partial charge on any atom is 0.282 e. The summed E-state index contributed by atoms with van der Waals surface area (Å²) >= 11 is 5.19. The number of carbonyl (C=O) groups excluding carboxylic acids is 1. The van der Waals surface area contributed by atoms with E-state index in [4.69, 9.17) is 0 Å². The van der Waals surface area contributed by atoms with E-state index in [-0.39, 0.29) is 5.91 Å². The summed E-state index contributed by atoms with van der Waals surface area (Å²) in [5, 5.41) is 10.6. The van der Waals surface area contributed by atoms with Crippen LogP contribution in [0.5, 0.6) is 0 Å². The van der Waals surface area contributed by atoms with Gasteiger partial charge < -0.3 is 10.2 Å². The van der Waals surface area contributed by atoms with E-state index >= 15 is 0 Å². The van der Waals surface area contributed by atoms with E-state index in [0.717, 1.165) is 19.6 Å². The van der Waals surface area contributed by atoms with Crippen molar-refractivity contribution in [1.29, 1.82) is 0 Å². The molecule has 0 fully saturated rings. The van der Waals surface area contributed by atoms with Gasteiger partial charge in [-0.15, -0.1) is 22.8 Å². The fourth-order valence-corrected chi connectivity index (χ4v) is 2.06. The molecule has 7 heteroatoms. The first kappa shape index (κ1) is 13.4. The van der Waals surface area contributed by atoms with Crippen LogP contribution in [0.15, 0.2) is 4.34 Å². The largest absolute Gasteiger partial charge is 0.349 e. The molecule has 16 heavy (non-hydrogen) atoms.